The molecule has 138 valence electrons. The summed E-state index contributed by atoms with van der Waals surface area (Å²) in [6.07, 6.45) is 10.2. The molecule has 0 bridgehead atoms. The lowest BCUT2D eigenvalue weighted by atomic mass is 9.77. The van der Waals surface area contributed by atoms with Gasteiger partial charge in [-0.2, -0.15) is 5.10 Å². The van der Waals surface area contributed by atoms with Gasteiger partial charge in [0.1, 0.15) is 0 Å². The van der Waals surface area contributed by atoms with Crippen molar-refractivity contribution in [3.63, 3.8) is 0 Å². The molecule has 0 unspecified atom stereocenters. The molecule has 25 heavy (non-hydrogen) atoms. The van der Waals surface area contributed by atoms with Gasteiger partial charge in [-0.25, -0.2) is 0 Å². The Morgan fingerprint density at radius 2 is 2.08 bits per heavy atom. The van der Waals surface area contributed by atoms with E-state index in [0.717, 1.165) is 84.5 Å². The van der Waals surface area contributed by atoms with Gasteiger partial charge in [0, 0.05) is 51.3 Å². The molecule has 1 aromatic rings. The van der Waals surface area contributed by atoms with Crippen LogP contribution in [0.15, 0.2) is 18.5 Å². The van der Waals surface area contributed by atoms with E-state index < -0.39 is 0 Å². The van der Waals surface area contributed by atoms with Crippen LogP contribution in [0, 0.1) is 5.41 Å². The van der Waals surface area contributed by atoms with Gasteiger partial charge in [0.2, 0.25) is 5.91 Å². The summed E-state index contributed by atoms with van der Waals surface area (Å²) in [7, 11) is 0. The monoisotopic (exact) mass is 346 g/mol. The molecule has 3 aliphatic rings. The summed E-state index contributed by atoms with van der Waals surface area (Å²) in [6, 6.07) is 2.38. The smallest absolute Gasteiger partial charge is 0.230 e. The normalized spacial score (nSPS) is 29.0. The molecule has 0 saturated carbocycles. The number of piperidine rings is 1. The minimum Gasteiger partial charge on any atom is -0.381 e. The van der Waals surface area contributed by atoms with Crippen LogP contribution in [0.3, 0.4) is 0 Å². The fourth-order valence-corrected chi connectivity index (χ4v) is 4.86. The predicted molar refractivity (Wildman–Crippen MR) is 95.1 cm³/mol. The fourth-order valence-electron chi connectivity index (χ4n) is 4.86. The molecule has 1 atom stereocenters. The zero-order valence-electron chi connectivity index (χ0n) is 15.1. The summed E-state index contributed by atoms with van der Waals surface area (Å²) in [6.45, 7) is 6.59. The number of hydrogen-bond donors (Lipinski definition) is 0. The predicted octanol–water partition coefficient (Wildman–Crippen LogP) is 1.77. The first-order chi connectivity index (χ1) is 12.3. The second-order valence-electron chi connectivity index (χ2n) is 7.87. The maximum Gasteiger partial charge on any atom is 0.230 e. The average Bonchev–Trinajstić information content (AvgIpc) is 3.29. The summed E-state index contributed by atoms with van der Waals surface area (Å²) < 4.78 is 7.47. The summed E-state index contributed by atoms with van der Waals surface area (Å²) in [5.41, 5.74) is -0.109. The molecule has 4 heterocycles. The molecule has 0 aromatic carbocycles. The summed E-state index contributed by atoms with van der Waals surface area (Å²) >= 11 is 0. The molecule has 1 amide bonds. The number of carbonyl (C=O) groups is 1. The Labute approximate surface area is 150 Å². The van der Waals surface area contributed by atoms with Crippen LogP contribution in [0.4, 0.5) is 0 Å². The first-order valence-electron chi connectivity index (χ1n) is 9.85. The number of nitrogens with zero attached hydrogens (tertiary/aromatic N) is 4. The second kappa shape index (κ2) is 7.46. The van der Waals surface area contributed by atoms with Gasteiger partial charge >= 0.3 is 0 Å². The van der Waals surface area contributed by atoms with E-state index in [1.165, 1.54) is 0 Å². The fraction of sp³-hybridized carbons (Fsp3) is 0.789. The van der Waals surface area contributed by atoms with Crippen LogP contribution in [0.1, 0.15) is 38.5 Å². The van der Waals surface area contributed by atoms with E-state index in [0.29, 0.717) is 11.9 Å². The van der Waals surface area contributed by atoms with Crippen molar-refractivity contribution in [3.8, 4) is 0 Å². The molecule has 1 aromatic heterocycles. The lowest BCUT2D eigenvalue weighted by Crippen LogP contribution is -2.54. The Hall–Kier alpha value is -1.40. The van der Waals surface area contributed by atoms with E-state index in [-0.39, 0.29) is 5.41 Å². The first kappa shape index (κ1) is 17.0. The third kappa shape index (κ3) is 3.60. The van der Waals surface area contributed by atoms with Crippen LogP contribution >= 0.6 is 0 Å². The van der Waals surface area contributed by atoms with Crippen molar-refractivity contribution >= 4 is 5.91 Å². The summed E-state index contributed by atoms with van der Waals surface area (Å²) in [5, 5.41) is 4.26. The molecule has 4 rings (SSSR count). The quantitative estimate of drug-likeness (QED) is 0.815. The van der Waals surface area contributed by atoms with Gasteiger partial charge in [-0.3, -0.25) is 9.48 Å². The topological polar surface area (TPSA) is 50.6 Å². The Morgan fingerprint density at radius 3 is 2.88 bits per heavy atom. The molecule has 3 fully saturated rings. The summed E-state index contributed by atoms with van der Waals surface area (Å²) in [5.74, 6) is 0.431. The van der Waals surface area contributed by atoms with Gasteiger partial charge in [-0.05, 0) is 57.7 Å². The van der Waals surface area contributed by atoms with Gasteiger partial charge < -0.3 is 14.5 Å². The molecule has 0 radical (unpaired) electrons. The van der Waals surface area contributed by atoms with Crippen molar-refractivity contribution in [1.82, 2.24) is 19.6 Å². The Bertz CT molecular complexity index is 570. The molecule has 0 N–H and O–H groups in total. The van der Waals surface area contributed by atoms with E-state index in [1.54, 1.807) is 0 Å². The average molecular weight is 346 g/mol. The number of aromatic nitrogens is 2. The third-order valence-corrected chi connectivity index (χ3v) is 6.25. The lowest BCUT2D eigenvalue weighted by molar-refractivity contribution is -0.150. The Balaban J connectivity index is 1.32. The van der Waals surface area contributed by atoms with Gasteiger partial charge in [-0.15, -0.1) is 0 Å². The highest BCUT2D eigenvalue weighted by atomic mass is 16.5. The highest BCUT2D eigenvalue weighted by Crippen LogP contribution is 2.41. The maximum absolute atomic E-state index is 13.3. The molecule has 0 aliphatic carbocycles. The minimum absolute atomic E-state index is 0.109. The highest BCUT2D eigenvalue weighted by molar-refractivity contribution is 5.84. The van der Waals surface area contributed by atoms with Crippen LogP contribution in [0.2, 0.25) is 0 Å². The summed E-state index contributed by atoms with van der Waals surface area (Å²) in [4.78, 5) is 18.0. The number of amides is 1. The standard InChI is InChI=1S/C19H30N4O2/c24-18-19(6-1-12-23(18)17-4-14-25-15-5-17)7-13-21(16-19)9-3-11-22-10-2-8-20-22/h2,8,10,17H,1,3-7,9,11-16H2/t19-/m1/s1. The van der Waals surface area contributed by atoms with Crippen molar-refractivity contribution < 1.29 is 9.53 Å². The molecular weight excluding hydrogens is 316 g/mol. The Morgan fingerprint density at radius 1 is 1.20 bits per heavy atom. The Kier molecular flexibility index (Phi) is 5.08. The van der Waals surface area contributed by atoms with E-state index in [1.807, 2.05) is 23.1 Å². The molecule has 3 aliphatic heterocycles. The zero-order chi connectivity index (χ0) is 17.1. The third-order valence-electron chi connectivity index (χ3n) is 6.25. The lowest BCUT2D eigenvalue weighted by Gasteiger charge is -2.44. The molecular formula is C19H30N4O2. The van der Waals surface area contributed by atoms with Crippen molar-refractivity contribution in [2.75, 3.05) is 39.4 Å². The van der Waals surface area contributed by atoms with Gasteiger partial charge in [0.05, 0.1) is 5.41 Å². The SMILES string of the molecule is O=C1N(C2CCOCC2)CCC[C@]12CCN(CCCn1cccn1)C2. The van der Waals surface area contributed by atoms with Gasteiger partial charge in [0.25, 0.3) is 0 Å². The number of carbonyl (C=O) groups excluding carboxylic acids is 1. The minimum atomic E-state index is -0.109. The van der Waals surface area contributed by atoms with E-state index in [4.69, 9.17) is 4.74 Å². The molecule has 6 nitrogen and oxygen atoms in total. The van der Waals surface area contributed by atoms with Gasteiger partial charge in [-0.1, -0.05) is 0 Å². The van der Waals surface area contributed by atoms with Crippen LogP contribution in [-0.4, -0.2) is 70.9 Å². The van der Waals surface area contributed by atoms with Crippen LogP contribution in [-0.2, 0) is 16.1 Å². The largest absolute Gasteiger partial charge is 0.381 e. The number of hydrogen-bond acceptors (Lipinski definition) is 4. The van der Waals surface area contributed by atoms with Crippen molar-refractivity contribution in [2.45, 2.75) is 51.1 Å². The first-order valence-corrected chi connectivity index (χ1v) is 9.85. The van der Waals surface area contributed by atoms with Crippen LogP contribution in [0.25, 0.3) is 0 Å². The van der Waals surface area contributed by atoms with Crippen LogP contribution in [0.5, 0.6) is 0 Å². The molecule has 1 spiro atoms. The van der Waals surface area contributed by atoms with Crippen molar-refractivity contribution in [2.24, 2.45) is 5.41 Å². The van der Waals surface area contributed by atoms with Crippen molar-refractivity contribution in [1.29, 1.82) is 0 Å². The molecule has 6 heteroatoms. The number of aryl methyl sites for hydroxylation is 1. The second-order valence-corrected chi connectivity index (χ2v) is 7.87. The number of rotatable bonds is 5. The van der Waals surface area contributed by atoms with Gasteiger partial charge in [0.15, 0.2) is 0 Å². The maximum atomic E-state index is 13.3. The zero-order valence-corrected chi connectivity index (χ0v) is 15.1. The number of ether oxygens (including phenoxy) is 1. The van der Waals surface area contributed by atoms with Crippen molar-refractivity contribution in [3.05, 3.63) is 18.5 Å². The van der Waals surface area contributed by atoms with Crippen LogP contribution < -0.4 is 0 Å². The number of likely N-dealkylation sites (tertiary alicyclic amines) is 2. The van der Waals surface area contributed by atoms with E-state index in [2.05, 4.69) is 14.9 Å². The molecule has 3 saturated heterocycles. The highest BCUT2D eigenvalue weighted by Gasteiger charge is 2.49. The van der Waals surface area contributed by atoms with E-state index >= 15 is 0 Å². The van der Waals surface area contributed by atoms with E-state index in [9.17, 15) is 4.79 Å².